The van der Waals surface area contributed by atoms with Gasteiger partial charge in [0.1, 0.15) is 0 Å². The van der Waals surface area contributed by atoms with Crippen LogP contribution in [0.15, 0.2) is 24.3 Å². The molecule has 0 radical (unpaired) electrons. The van der Waals surface area contributed by atoms with Crippen molar-refractivity contribution in [1.82, 2.24) is 4.90 Å². The molecule has 0 atom stereocenters. The number of hydrogen-bond donors (Lipinski definition) is 2. The summed E-state index contributed by atoms with van der Waals surface area (Å²) >= 11 is 0. The van der Waals surface area contributed by atoms with Gasteiger partial charge >= 0.3 is 0 Å². The summed E-state index contributed by atoms with van der Waals surface area (Å²) in [6.45, 7) is 3.92. The Hall–Kier alpha value is -1.27. The maximum absolute atomic E-state index is 11.8. The number of unbranched alkanes of at least 4 members (excludes halogenated alkanes) is 1. The molecule has 2 N–H and O–H groups in total. The molecule has 1 rings (SSSR count). The number of nitrogens with one attached hydrogen (secondary N) is 2. The number of hydrogen-bond acceptors (Lipinski definition) is 4. The lowest BCUT2D eigenvalue weighted by molar-refractivity contribution is 0.405. The quantitative estimate of drug-likeness (QED) is 0.652. The smallest absolute Gasteiger partial charge is 0.232 e. The summed E-state index contributed by atoms with van der Waals surface area (Å²) in [5.41, 5.74) is 1.62. The van der Waals surface area contributed by atoms with E-state index in [1.807, 2.05) is 19.1 Å². The molecular formula is C15H27N3O2S. The second kappa shape index (κ2) is 8.89. The maximum atomic E-state index is 11.8. The molecule has 0 aliphatic rings. The lowest BCUT2D eigenvalue weighted by Crippen LogP contribution is -2.17. The molecule has 0 spiro atoms. The van der Waals surface area contributed by atoms with Gasteiger partial charge in [0.2, 0.25) is 10.0 Å². The number of rotatable bonds is 10. The number of nitrogens with zero attached hydrogens (tertiary/aromatic N) is 1. The third-order valence-corrected chi connectivity index (χ3v) is 4.41. The molecule has 0 saturated heterocycles. The third-order valence-electron chi connectivity index (χ3n) is 3.04. The van der Waals surface area contributed by atoms with E-state index in [9.17, 15) is 8.42 Å². The van der Waals surface area contributed by atoms with Crippen LogP contribution in [0.5, 0.6) is 0 Å². The molecule has 0 bridgehead atoms. The minimum atomic E-state index is -3.22. The monoisotopic (exact) mass is 313 g/mol. The topological polar surface area (TPSA) is 61.4 Å². The van der Waals surface area contributed by atoms with Gasteiger partial charge < -0.3 is 10.2 Å². The van der Waals surface area contributed by atoms with Crippen molar-refractivity contribution in [2.24, 2.45) is 0 Å². The molecule has 0 fully saturated rings. The highest BCUT2D eigenvalue weighted by Crippen LogP contribution is 2.15. The highest BCUT2D eigenvalue weighted by Gasteiger charge is 2.09. The Morgan fingerprint density at radius 1 is 1.05 bits per heavy atom. The van der Waals surface area contributed by atoms with Crippen LogP contribution in [0.3, 0.4) is 0 Å². The van der Waals surface area contributed by atoms with E-state index < -0.39 is 10.0 Å². The molecule has 0 aromatic heterocycles. The molecule has 0 aliphatic heterocycles. The Balaban J connectivity index is 2.43. The van der Waals surface area contributed by atoms with Gasteiger partial charge in [-0.15, -0.1) is 0 Å². The first-order valence-electron chi connectivity index (χ1n) is 7.42. The van der Waals surface area contributed by atoms with Crippen LogP contribution >= 0.6 is 0 Å². The highest BCUT2D eigenvalue weighted by molar-refractivity contribution is 7.92. The van der Waals surface area contributed by atoms with E-state index in [-0.39, 0.29) is 5.75 Å². The predicted octanol–water partition coefficient (Wildman–Crippen LogP) is 2.59. The number of sulfonamides is 1. The average molecular weight is 313 g/mol. The van der Waals surface area contributed by atoms with Crippen LogP contribution in [0.2, 0.25) is 0 Å². The van der Waals surface area contributed by atoms with Gasteiger partial charge in [-0.1, -0.05) is 13.3 Å². The van der Waals surface area contributed by atoms with Crippen LogP contribution in [0.1, 0.15) is 26.2 Å². The van der Waals surface area contributed by atoms with Gasteiger partial charge in [-0.05, 0) is 57.7 Å². The molecule has 0 unspecified atom stereocenters. The molecule has 1 aromatic rings. The molecule has 0 amide bonds. The van der Waals surface area contributed by atoms with Gasteiger partial charge in [-0.3, -0.25) is 4.72 Å². The third kappa shape index (κ3) is 7.92. The molecule has 1 aromatic carbocycles. The molecule has 6 heteroatoms. The van der Waals surface area contributed by atoms with Crippen molar-refractivity contribution in [3.63, 3.8) is 0 Å². The second-order valence-corrected chi connectivity index (χ2v) is 7.28. The summed E-state index contributed by atoms with van der Waals surface area (Å²) in [6.07, 6.45) is 2.62. The van der Waals surface area contributed by atoms with Crippen LogP contribution in [-0.2, 0) is 10.0 Å². The fourth-order valence-electron chi connectivity index (χ4n) is 1.85. The van der Waals surface area contributed by atoms with E-state index in [1.54, 1.807) is 12.1 Å². The Bertz CT molecular complexity index is 498. The van der Waals surface area contributed by atoms with Crippen LogP contribution in [0.25, 0.3) is 0 Å². The minimum absolute atomic E-state index is 0.175. The van der Waals surface area contributed by atoms with Crippen molar-refractivity contribution in [2.45, 2.75) is 26.2 Å². The van der Waals surface area contributed by atoms with E-state index in [0.717, 1.165) is 31.6 Å². The van der Waals surface area contributed by atoms with Crippen molar-refractivity contribution in [2.75, 3.05) is 43.0 Å². The summed E-state index contributed by atoms with van der Waals surface area (Å²) < 4.78 is 26.2. The SMILES string of the molecule is CCCCS(=O)(=O)Nc1ccc(NCCCN(C)C)cc1. The molecule has 21 heavy (non-hydrogen) atoms. The second-order valence-electron chi connectivity index (χ2n) is 5.44. The van der Waals surface area contributed by atoms with Crippen LogP contribution in [0, 0.1) is 0 Å². The fraction of sp³-hybridized carbons (Fsp3) is 0.600. The zero-order chi connectivity index (χ0) is 15.7. The summed E-state index contributed by atoms with van der Waals surface area (Å²) in [7, 11) is 0.894. The standard InChI is InChI=1S/C15H27N3O2S/c1-4-5-13-21(19,20)17-15-9-7-14(8-10-15)16-11-6-12-18(2)3/h7-10,16-17H,4-6,11-13H2,1-3H3. The largest absolute Gasteiger partial charge is 0.385 e. The van der Waals surface area contributed by atoms with E-state index in [2.05, 4.69) is 29.0 Å². The molecule has 0 heterocycles. The van der Waals surface area contributed by atoms with Crippen molar-refractivity contribution in [1.29, 1.82) is 0 Å². The molecule has 120 valence electrons. The summed E-state index contributed by atoms with van der Waals surface area (Å²) in [5, 5.41) is 3.32. The van der Waals surface area contributed by atoms with Crippen molar-refractivity contribution in [3.8, 4) is 0 Å². The maximum Gasteiger partial charge on any atom is 0.232 e. The normalized spacial score (nSPS) is 11.6. The van der Waals surface area contributed by atoms with Gasteiger partial charge in [0.15, 0.2) is 0 Å². The Morgan fingerprint density at radius 2 is 1.67 bits per heavy atom. The van der Waals surface area contributed by atoms with Crippen molar-refractivity contribution in [3.05, 3.63) is 24.3 Å². The fourth-order valence-corrected chi connectivity index (χ4v) is 3.12. The van der Waals surface area contributed by atoms with E-state index in [1.165, 1.54) is 0 Å². The first-order chi connectivity index (χ1) is 9.93. The summed E-state index contributed by atoms with van der Waals surface area (Å²) in [6, 6.07) is 7.37. The molecular weight excluding hydrogens is 286 g/mol. The lowest BCUT2D eigenvalue weighted by atomic mass is 10.3. The highest BCUT2D eigenvalue weighted by atomic mass is 32.2. The van der Waals surface area contributed by atoms with Crippen molar-refractivity contribution >= 4 is 21.4 Å². The van der Waals surface area contributed by atoms with Gasteiger partial charge in [-0.2, -0.15) is 0 Å². The Labute approximate surface area is 128 Å². The van der Waals surface area contributed by atoms with Crippen LogP contribution in [0.4, 0.5) is 11.4 Å². The molecule has 0 aliphatic carbocycles. The lowest BCUT2D eigenvalue weighted by Gasteiger charge is -2.11. The van der Waals surface area contributed by atoms with E-state index in [4.69, 9.17) is 0 Å². The van der Waals surface area contributed by atoms with Gasteiger partial charge in [0.25, 0.3) is 0 Å². The Morgan fingerprint density at radius 3 is 2.24 bits per heavy atom. The number of benzene rings is 1. The minimum Gasteiger partial charge on any atom is -0.385 e. The molecule has 5 nitrogen and oxygen atoms in total. The number of anilines is 2. The van der Waals surface area contributed by atoms with Gasteiger partial charge in [0, 0.05) is 17.9 Å². The predicted molar refractivity (Wildman–Crippen MR) is 90.4 cm³/mol. The Kier molecular flexibility index (Phi) is 7.53. The average Bonchev–Trinajstić information content (AvgIpc) is 2.42. The summed E-state index contributed by atoms with van der Waals surface area (Å²) in [4.78, 5) is 2.15. The van der Waals surface area contributed by atoms with E-state index >= 15 is 0 Å². The zero-order valence-electron chi connectivity index (χ0n) is 13.2. The summed E-state index contributed by atoms with van der Waals surface area (Å²) in [5.74, 6) is 0.175. The van der Waals surface area contributed by atoms with Crippen molar-refractivity contribution < 1.29 is 8.42 Å². The van der Waals surface area contributed by atoms with Gasteiger partial charge in [-0.25, -0.2) is 8.42 Å². The molecule has 0 saturated carbocycles. The first kappa shape index (κ1) is 17.8. The van der Waals surface area contributed by atoms with Crippen LogP contribution in [-0.4, -0.2) is 46.3 Å². The first-order valence-corrected chi connectivity index (χ1v) is 9.07. The van der Waals surface area contributed by atoms with Gasteiger partial charge in [0.05, 0.1) is 5.75 Å². The van der Waals surface area contributed by atoms with E-state index in [0.29, 0.717) is 12.1 Å². The van der Waals surface area contributed by atoms with Crippen LogP contribution < -0.4 is 10.0 Å². The zero-order valence-corrected chi connectivity index (χ0v) is 14.0.